The number of esters is 1. The van der Waals surface area contributed by atoms with Gasteiger partial charge >= 0.3 is 5.97 Å². The summed E-state index contributed by atoms with van der Waals surface area (Å²) >= 11 is 0. The lowest BCUT2D eigenvalue weighted by atomic mass is 10.3. The molecule has 0 aromatic carbocycles. The highest BCUT2D eigenvalue weighted by molar-refractivity contribution is 6.63. The third-order valence-electron chi connectivity index (χ3n) is 1.03. The van der Waals surface area contributed by atoms with Crippen molar-refractivity contribution in [1.29, 1.82) is 0 Å². The second kappa shape index (κ2) is 5.42. The van der Waals surface area contributed by atoms with Gasteiger partial charge in [0.1, 0.15) is 6.73 Å². The number of ether oxygens (including phenoxy) is 1. The minimum Gasteiger partial charge on any atom is -0.461 e. The fourth-order valence-corrected chi connectivity index (χ4v) is 0.590. The van der Waals surface area contributed by atoms with Crippen LogP contribution in [-0.2, 0) is 14.3 Å². The molecular weight excluding hydrogens is 162 g/mol. The van der Waals surface area contributed by atoms with Gasteiger partial charge in [-0.1, -0.05) is 0 Å². The van der Waals surface area contributed by atoms with Gasteiger partial charge in [0, 0.05) is 6.92 Å². The number of ketones is 1. The van der Waals surface area contributed by atoms with Gasteiger partial charge in [0.25, 0.3) is 0 Å². The summed E-state index contributed by atoms with van der Waals surface area (Å²) in [7, 11) is 0. The normalized spacial score (nSPS) is 11.1. The Hall–Kier alpha value is -1.23. The van der Waals surface area contributed by atoms with E-state index in [-0.39, 0.29) is 12.3 Å². The fourth-order valence-electron chi connectivity index (χ4n) is 0.590. The average Bonchev–Trinajstić information content (AvgIpc) is 1.99. The second-order valence-corrected chi connectivity index (χ2v) is 1.92. The Kier molecular flexibility index (Phi) is 4.87. The standard InChI is InChI=1S/C7H11NO4/c1-3-12-7(11)6(5(2)10)8-4-9/h9H,3-4H2,1-2H3. The quantitative estimate of drug-likeness (QED) is 0.354. The largest absolute Gasteiger partial charge is 0.461 e. The number of rotatable bonds is 4. The molecule has 0 unspecified atom stereocenters. The Morgan fingerprint density at radius 2 is 2.08 bits per heavy atom. The van der Waals surface area contributed by atoms with E-state index in [4.69, 9.17) is 5.11 Å². The van der Waals surface area contributed by atoms with Gasteiger partial charge in [-0.2, -0.15) is 0 Å². The predicted octanol–water partition coefficient (Wildman–Crippen LogP) is -0.471. The molecule has 68 valence electrons. The van der Waals surface area contributed by atoms with E-state index < -0.39 is 18.5 Å². The minimum absolute atomic E-state index is 0.177. The lowest BCUT2D eigenvalue weighted by molar-refractivity contribution is -0.135. The topological polar surface area (TPSA) is 76.0 Å². The van der Waals surface area contributed by atoms with Gasteiger partial charge in [0.05, 0.1) is 6.61 Å². The maximum Gasteiger partial charge on any atom is 0.360 e. The molecule has 0 rings (SSSR count). The first-order chi connectivity index (χ1) is 5.63. The molecule has 5 nitrogen and oxygen atoms in total. The first kappa shape index (κ1) is 10.8. The van der Waals surface area contributed by atoms with E-state index in [9.17, 15) is 9.59 Å². The Morgan fingerprint density at radius 3 is 2.42 bits per heavy atom. The van der Waals surface area contributed by atoms with Crippen LogP contribution >= 0.6 is 0 Å². The number of carbonyl (C=O) groups is 2. The van der Waals surface area contributed by atoms with Crippen LogP contribution in [0.3, 0.4) is 0 Å². The zero-order valence-electron chi connectivity index (χ0n) is 7.03. The van der Waals surface area contributed by atoms with Crippen molar-refractivity contribution in [3.63, 3.8) is 0 Å². The first-order valence-electron chi connectivity index (χ1n) is 3.46. The number of nitrogens with zero attached hydrogens (tertiary/aromatic N) is 1. The number of carbonyl (C=O) groups excluding carboxylic acids is 2. The molecule has 0 radical (unpaired) electrons. The summed E-state index contributed by atoms with van der Waals surface area (Å²) in [5.74, 6) is -1.30. The highest BCUT2D eigenvalue weighted by atomic mass is 16.5. The molecule has 0 saturated carbocycles. The maximum absolute atomic E-state index is 10.9. The van der Waals surface area contributed by atoms with Crippen LogP contribution in [0.15, 0.2) is 4.99 Å². The SMILES string of the molecule is CCOC(=O)C(=NCO)C(C)=O. The van der Waals surface area contributed by atoms with Crippen LogP contribution in [0.2, 0.25) is 0 Å². The van der Waals surface area contributed by atoms with Crippen LogP contribution in [0.4, 0.5) is 0 Å². The third kappa shape index (κ3) is 3.25. The van der Waals surface area contributed by atoms with E-state index in [1.807, 2.05) is 0 Å². The molecule has 0 aromatic heterocycles. The van der Waals surface area contributed by atoms with E-state index in [1.54, 1.807) is 6.92 Å². The number of aliphatic hydroxyl groups excluding tert-OH is 1. The number of hydrogen-bond acceptors (Lipinski definition) is 5. The minimum atomic E-state index is -0.793. The van der Waals surface area contributed by atoms with Crippen LogP contribution < -0.4 is 0 Å². The Balaban J connectivity index is 4.41. The molecule has 0 amide bonds. The third-order valence-corrected chi connectivity index (χ3v) is 1.03. The average molecular weight is 173 g/mol. The number of Topliss-reactive ketones (excluding diaryl/α,β-unsaturated/α-hetero) is 1. The zero-order chi connectivity index (χ0) is 9.56. The number of aliphatic imine (C=N–C) groups is 1. The first-order valence-corrected chi connectivity index (χ1v) is 3.46. The Morgan fingerprint density at radius 1 is 1.50 bits per heavy atom. The highest BCUT2D eigenvalue weighted by Gasteiger charge is 2.16. The summed E-state index contributed by atoms with van der Waals surface area (Å²) in [6.07, 6.45) is 0. The van der Waals surface area contributed by atoms with Gasteiger partial charge < -0.3 is 9.84 Å². The van der Waals surface area contributed by atoms with Gasteiger partial charge in [-0.25, -0.2) is 9.79 Å². The van der Waals surface area contributed by atoms with Crippen LogP contribution in [0.1, 0.15) is 13.8 Å². The van der Waals surface area contributed by atoms with Crippen molar-refractivity contribution in [3.8, 4) is 0 Å². The molecule has 0 heterocycles. The van der Waals surface area contributed by atoms with Crippen molar-refractivity contribution < 1.29 is 19.4 Å². The summed E-state index contributed by atoms with van der Waals surface area (Å²) in [5, 5.41) is 8.36. The summed E-state index contributed by atoms with van der Waals surface area (Å²) in [4.78, 5) is 24.9. The van der Waals surface area contributed by atoms with Crippen molar-refractivity contribution in [2.75, 3.05) is 13.3 Å². The molecule has 5 heteroatoms. The fraction of sp³-hybridized carbons (Fsp3) is 0.571. The predicted molar refractivity (Wildman–Crippen MR) is 41.8 cm³/mol. The van der Waals surface area contributed by atoms with Gasteiger partial charge in [0.15, 0.2) is 11.5 Å². The second-order valence-electron chi connectivity index (χ2n) is 1.92. The molecule has 0 bridgehead atoms. The van der Waals surface area contributed by atoms with Crippen molar-refractivity contribution in [2.24, 2.45) is 4.99 Å². The Bertz CT molecular complexity index is 209. The van der Waals surface area contributed by atoms with Crippen molar-refractivity contribution in [3.05, 3.63) is 0 Å². The maximum atomic E-state index is 10.9. The summed E-state index contributed by atoms with van der Waals surface area (Å²) < 4.78 is 4.52. The van der Waals surface area contributed by atoms with Gasteiger partial charge in [0.2, 0.25) is 0 Å². The van der Waals surface area contributed by atoms with Gasteiger partial charge in [-0.15, -0.1) is 0 Å². The molecule has 0 aliphatic heterocycles. The summed E-state index contributed by atoms with van der Waals surface area (Å²) in [5.41, 5.74) is -0.348. The lowest BCUT2D eigenvalue weighted by Crippen LogP contribution is -2.24. The monoisotopic (exact) mass is 173 g/mol. The smallest absolute Gasteiger partial charge is 0.360 e. The van der Waals surface area contributed by atoms with Crippen LogP contribution in [0, 0.1) is 0 Å². The molecule has 12 heavy (non-hydrogen) atoms. The van der Waals surface area contributed by atoms with Crippen LogP contribution in [0.25, 0.3) is 0 Å². The molecular formula is C7H11NO4. The number of hydrogen-bond donors (Lipinski definition) is 1. The van der Waals surface area contributed by atoms with Crippen molar-refractivity contribution in [1.82, 2.24) is 0 Å². The van der Waals surface area contributed by atoms with E-state index >= 15 is 0 Å². The molecule has 0 atom stereocenters. The molecule has 0 fully saturated rings. The van der Waals surface area contributed by atoms with Crippen LogP contribution in [-0.4, -0.2) is 35.9 Å². The van der Waals surface area contributed by atoms with E-state index in [1.165, 1.54) is 6.92 Å². The van der Waals surface area contributed by atoms with E-state index in [2.05, 4.69) is 9.73 Å². The highest BCUT2D eigenvalue weighted by Crippen LogP contribution is 1.87. The molecule has 0 aromatic rings. The van der Waals surface area contributed by atoms with Crippen LogP contribution in [0.5, 0.6) is 0 Å². The molecule has 0 saturated heterocycles. The van der Waals surface area contributed by atoms with E-state index in [0.717, 1.165) is 0 Å². The van der Waals surface area contributed by atoms with Crippen molar-refractivity contribution >= 4 is 17.5 Å². The van der Waals surface area contributed by atoms with Gasteiger partial charge in [-0.05, 0) is 6.92 Å². The Labute approximate surface area is 70.1 Å². The summed E-state index contributed by atoms with van der Waals surface area (Å²) in [6, 6.07) is 0. The molecule has 0 aliphatic carbocycles. The van der Waals surface area contributed by atoms with Gasteiger partial charge in [-0.3, -0.25) is 4.79 Å². The van der Waals surface area contributed by atoms with Crippen molar-refractivity contribution in [2.45, 2.75) is 13.8 Å². The summed E-state index contributed by atoms with van der Waals surface area (Å²) in [6.45, 7) is 2.39. The number of aliphatic hydroxyl groups is 1. The zero-order valence-corrected chi connectivity index (χ0v) is 7.03. The molecule has 1 N–H and O–H groups in total. The molecule has 0 aliphatic rings. The van der Waals surface area contributed by atoms with E-state index in [0.29, 0.717) is 0 Å². The lowest BCUT2D eigenvalue weighted by Gasteiger charge is -2.00. The molecule has 0 spiro atoms.